The van der Waals surface area contributed by atoms with E-state index in [0.29, 0.717) is 6.61 Å². The van der Waals surface area contributed by atoms with Gasteiger partial charge in [0.1, 0.15) is 5.75 Å². The third kappa shape index (κ3) is 2.71. The Labute approximate surface area is 121 Å². The van der Waals surface area contributed by atoms with E-state index >= 15 is 0 Å². The maximum atomic E-state index is 6.34. The predicted octanol–water partition coefficient (Wildman–Crippen LogP) is 2.72. The molecule has 1 fully saturated rings. The fraction of sp³-hybridized carbons (Fsp3) is 0.600. The minimum Gasteiger partial charge on any atom is -0.494 e. The van der Waals surface area contributed by atoms with Gasteiger partial charge in [0.05, 0.1) is 23.8 Å². The van der Waals surface area contributed by atoms with Crippen molar-refractivity contribution in [2.75, 3.05) is 6.61 Å². The van der Waals surface area contributed by atoms with Crippen molar-refractivity contribution in [3.8, 4) is 5.75 Å². The zero-order chi connectivity index (χ0) is 15.0. The molecule has 0 saturated carbocycles. The van der Waals surface area contributed by atoms with Crippen molar-refractivity contribution < 1.29 is 14.0 Å². The Morgan fingerprint density at radius 1 is 1.15 bits per heavy atom. The number of rotatable bonds is 4. The Balaban J connectivity index is 2.23. The molecule has 2 N–H and O–H groups in total. The van der Waals surface area contributed by atoms with Crippen LogP contribution in [0.5, 0.6) is 5.75 Å². The molecule has 0 aromatic heterocycles. The Hall–Kier alpha value is -1.04. The average molecular weight is 277 g/mol. The van der Waals surface area contributed by atoms with Crippen LogP contribution in [0.1, 0.15) is 46.1 Å². The molecule has 110 valence electrons. The van der Waals surface area contributed by atoms with E-state index in [2.05, 4.69) is 0 Å². The highest BCUT2D eigenvalue weighted by Gasteiger charge is 2.53. The monoisotopic (exact) mass is 277 g/mol. The van der Waals surface area contributed by atoms with Gasteiger partial charge in [-0.2, -0.15) is 0 Å². The Morgan fingerprint density at radius 2 is 1.70 bits per heavy atom. The lowest BCUT2D eigenvalue weighted by Crippen LogP contribution is -2.41. The molecule has 1 aliphatic rings. The number of nitrogens with two attached hydrogens (primary N) is 1. The fourth-order valence-corrected chi connectivity index (χ4v) is 2.22. The first-order chi connectivity index (χ1) is 9.28. The van der Waals surface area contributed by atoms with Gasteiger partial charge in [0.2, 0.25) is 0 Å². The van der Waals surface area contributed by atoms with Crippen molar-refractivity contribution in [1.29, 1.82) is 0 Å². The topological polar surface area (TPSA) is 53.7 Å². The summed E-state index contributed by atoms with van der Waals surface area (Å²) in [5.41, 5.74) is 6.50. The Kier molecular flexibility index (Phi) is 4.14. The van der Waals surface area contributed by atoms with Crippen molar-refractivity contribution in [2.24, 2.45) is 5.73 Å². The SMILES string of the molecule is CCOc1ccccc1[C@H](N)B1OC(C)(C)C(C)(C)O1. The normalized spacial score (nSPS) is 21.8. The van der Waals surface area contributed by atoms with Gasteiger partial charge >= 0.3 is 7.12 Å². The van der Waals surface area contributed by atoms with Gasteiger partial charge in [0, 0.05) is 5.56 Å². The van der Waals surface area contributed by atoms with E-state index in [1.165, 1.54) is 0 Å². The molecule has 0 amide bonds. The Morgan fingerprint density at radius 3 is 2.25 bits per heavy atom. The second-order valence-corrected chi connectivity index (χ2v) is 6.12. The van der Waals surface area contributed by atoms with Crippen LogP contribution in [0.2, 0.25) is 0 Å². The van der Waals surface area contributed by atoms with E-state index in [0.717, 1.165) is 11.3 Å². The summed E-state index contributed by atoms with van der Waals surface area (Å²) < 4.78 is 17.7. The molecule has 1 saturated heterocycles. The average Bonchev–Trinajstić information content (AvgIpc) is 2.59. The van der Waals surface area contributed by atoms with Crippen molar-refractivity contribution in [2.45, 2.75) is 51.8 Å². The summed E-state index contributed by atoms with van der Waals surface area (Å²) in [6.45, 7) is 10.6. The molecule has 1 aromatic carbocycles. The zero-order valence-corrected chi connectivity index (χ0v) is 13.0. The first-order valence-corrected chi connectivity index (χ1v) is 7.11. The largest absolute Gasteiger partial charge is 0.494 e. The molecular formula is C15H24BNO3. The van der Waals surface area contributed by atoms with Crippen LogP contribution >= 0.6 is 0 Å². The lowest BCUT2D eigenvalue weighted by atomic mass is 9.74. The molecular weight excluding hydrogens is 253 g/mol. The summed E-state index contributed by atoms with van der Waals surface area (Å²) in [5, 5.41) is 0. The van der Waals surface area contributed by atoms with Crippen LogP contribution in [0.25, 0.3) is 0 Å². The van der Waals surface area contributed by atoms with Crippen LogP contribution in [0.4, 0.5) is 0 Å². The first kappa shape index (κ1) is 15.4. The van der Waals surface area contributed by atoms with Gasteiger partial charge in [0.25, 0.3) is 0 Å². The lowest BCUT2D eigenvalue weighted by Gasteiger charge is -2.32. The molecule has 1 atom stereocenters. The molecule has 1 aliphatic heterocycles. The standard InChI is InChI=1S/C15H24BNO3/c1-6-18-12-10-8-7-9-11(12)13(17)16-19-14(2,3)15(4,5)20-16/h7-10,13H,6,17H2,1-5H3/t13-/m0/s1. The number of para-hydroxylation sites is 1. The number of ether oxygens (including phenoxy) is 1. The van der Waals surface area contributed by atoms with E-state index in [4.69, 9.17) is 19.8 Å². The predicted molar refractivity (Wildman–Crippen MR) is 80.6 cm³/mol. The molecule has 4 nitrogen and oxygen atoms in total. The van der Waals surface area contributed by atoms with Crippen molar-refractivity contribution in [3.63, 3.8) is 0 Å². The van der Waals surface area contributed by atoms with Crippen LogP contribution in [-0.2, 0) is 9.31 Å². The van der Waals surface area contributed by atoms with Gasteiger partial charge in [-0.05, 0) is 40.7 Å². The minimum atomic E-state index is -0.471. The van der Waals surface area contributed by atoms with E-state index < -0.39 is 7.12 Å². The van der Waals surface area contributed by atoms with Crippen molar-refractivity contribution in [1.82, 2.24) is 0 Å². The van der Waals surface area contributed by atoms with E-state index in [9.17, 15) is 0 Å². The molecule has 0 bridgehead atoms. The molecule has 0 unspecified atom stereocenters. The van der Waals surface area contributed by atoms with Gasteiger partial charge in [0.15, 0.2) is 0 Å². The number of hydrogen-bond donors (Lipinski definition) is 1. The van der Waals surface area contributed by atoms with Crippen LogP contribution in [-0.4, -0.2) is 24.9 Å². The number of benzene rings is 1. The van der Waals surface area contributed by atoms with Crippen LogP contribution < -0.4 is 10.5 Å². The first-order valence-electron chi connectivity index (χ1n) is 7.11. The maximum absolute atomic E-state index is 6.34. The molecule has 0 aliphatic carbocycles. The van der Waals surface area contributed by atoms with Gasteiger partial charge < -0.3 is 19.8 Å². The van der Waals surface area contributed by atoms with E-state index in [1.807, 2.05) is 58.9 Å². The van der Waals surface area contributed by atoms with Gasteiger partial charge in [-0.15, -0.1) is 0 Å². The van der Waals surface area contributed by atoms with Crippen molar-refractivity contribution in [3.05, 3.63) is 29.8 Å². The number of hydrogen-bond acceptors (Lipinski definition) is 4. The third-order valence-electron chi connectivity index (χ3n) is 4.14. The molecule has 1 heterocycles. The quantitative estimate of drug-likeness (QED) is 0.860. The second kappa shape index (κ2) is 5.39. The molecule has 1 aromatic rings. The Bertz CT molecular complexity index is 460. The van der Waals surface area contributed by atoms with E-state index in [-0.39, 0.29) is 17.1 Å². The van der Waals surface area contributed by atoms with Crippen LogP contribution in [0.15, 0.2) is 24.3 Å². The maximum Gasteiger partial charge on any atom is 0.480 e. The lowest BCUT2D eigenvalue weighted by molar-refractivity contribution is 0.00578. The second-order valence-electron chi connectivity index (χ2n) is 6.12. The molecule has 2 rings (SSSR count). The highest BCUT2D eigenvalue weighted by molar-refractivity contribution is 6.47. The zero-order valence-electron chi connectivity index (χ0n) is 13.0. The minimum absolute atomic E-state index is 0.376. The highest BCUT2D eigenvalue weighted by Crippen LogP contribution is 2.40. The third-order valence-corrected chi connectivity index (χ3v) is 4.14. The molecule has 0 spiro atoms. The van der Waals surface area contributed by atoms with Gasteiger partial charge in [-0.25, -0.2) is 0 Å². The summed E-state index contributed by atoms with van der Waals surface area (Å²) in [4.78, 5) is 0. The summed E-state index contributed by atoms with van der Waals surface area (Å²) >= 11 is 0. The molecule has 0 radical (unpaired) electrons. The smallest absolute Gasteiger partial charge is 0.480 e. The van der Waals surface area contributed by atoms with Gasteiger partial charge in [-0.3, -0.25) is 0 Å². The van der Waals surface area contributed by atoms with Gasteiger partial charge in [-0.1, -0.05) is 18.2 Å². The summed E-state index contributed by atoms with van der Waals surface area (Å²) in [6.07, 6.45) is 0. The molecule has 20 heavy (non-hydrogen) atoms. The summed E-state index contributed by atoms with van der Waals surface area (Å²) in [7, 11) is -0.471. The van der Waals surface area contributed by atoms with Crippen LogP contribution in [0.3, 0.4) is 0 Å². The molecule has 5 heteroatoms. The van der Waals surface area contributed by atoms with Crippen molar-refractivity contribution >= 4 is 7.12 Å². The fourth-order valence-electron chi connectivity index (χ4n) is 2.22. The highest BCUT2D eigenvalue weighted by atomic mass is 16.7. The van der Waals surface area contributed by atoms with Crippen LogP contribution in [0, 0.1) is 0 Å². The summed E-state index contributed by atoms with van der Waals surface area (Å²) in [6, 6.07) is 7.76. The summed E-state index contributed by atoms with van der Waals surface area (Å²) in [5.74, 6) is 0.413. The van der Waals surface area contributed by atoms with E-state index in [1.54, 1.807) is 0 Å².